The topological polar surface area (TPSA) is 96.5 Å². The van der Waals surface area contributed by atoms with E-state index in [1.54, 1.807) is 31.2 Å². The molecule has 0 radical (unpaired) electrons. The number of quaternary nitrogens is 1. The van der Waals surface area contributed by atoms with Crippen LogP contribution in [0.3, 0.4) is 0 Å². The van der Waals surface area contributed by atoms with Gasteiger partial charge in [-0.1, -0.05) is 6.07 Å². The summed E-state index contributed by atoms with van der Waals surface area (Å²) in [5.41, 5.74) is 0.517. The van der Waals surface area contributed by atoms with Crippen LogP contribution in [0, 0.1) is 6.92 Å². The average molecular weight is 457 g/mol. The molecule has 0 fully saturated rings. The van der Waals surface area contributed by atoms with Crippen LogP contribution in [-0.2, 0) is 4.79 Å². The first-order valence-corrected chi connectivity index (χ1v) is 11.3. The van der Waals surface area contributed by atoms with Crippen LogP contribution in [0.15, 0.2) is 46.1 Å². The first kappa shape index (κ1) is 24.4. The molecule has 1 N–H and O–H groups in total. The number of Topliss-reactive ketones (excluding diaryl/α,β-unsaturated/α-hetero) is 1. The molecular weight excluding hydrogens is 424 g/mol. The zero-order valence-corrected chi connectivity index (χ0v) is 19.9. The molecule has 0 spiro atoms. The molecule has 1 aromatic heterocycles. The number of furan rings is 1. The number of nitrogens with zero attached hydrogens (tertiary/aromatic N) is 1. The summed E-state index contributed by atoms with van der Waals surface area (Å²) in [5.74, 6) is -0.366. The van der Waals surface area contributed by atoms with E-state index < -0.39 is 23.5 Å². The standard InChI is InChI=1S/C25H32N2O6/c1-6-31-18-12-10-17(15-20(18)32-7-2)22-21(23(28)19-11-9-16(3)33-19)24(29)25(30)27(22)14-8-13-26(4)5/h9-12,15,22,29H,6-8,13-14H2,1-5H3. The Morgan fingerprint density at radius 3 is 2.42 bits per heavy atom. The number of ether oxygens (including phenoxy) is 2. The molecule has 8 heteroatoms. The number of rotatable bonds is 11. The zero-order chi connectivity index (χ0) is 24.1. The minimum absolute atomic E-state index is 0.0456. The van der Waals surface area contributed by atoms with Crippen LogP contribution < -0.4 is 19.5 Å². The van der Waals surface area contributed by atoms with Gasteiger partial charge in [-0.3, -0.25) is 9.59 Å². The Hall–Kier alpha value is -3.26. The van der Waals surface area contributed by atoms with Gasteiger partial charge in [0.15, 0.2) is 17.3 Å². The Bertz CT molecular complexity index is 1040. The lowest BCUT2D eigenvalue weighted by atomic mass is 9.94. The van der Waals surface area contributed by atoms with Crippen LogP contribution in [0.4, 0.5) is 0 Å². The van der Waals surface area contributed by atoms with Crippen LogP contribution in [0.25, 0.3) is 0 Å². The van der Waals surface area contributed by atoms with Gasteiger partial charge in [0.05, 0.1) is 39.9 Å². The Kier molecular flexibility index (Phi) is 7.81. The van der Waals surface area contributed by atoms with E-state index in [0.29, 0.717) is 49.0 Å². The highest BCUT2D eigenvalue weighted by atomic mass is 16.5. The number of nitrogens with one attached hydrogen (secondary N) is 1. The smallest absolute Gasteiger partial charge is 0.239 e. The summed E-state index contributed by atoms with van der Waals surface area (Å²) in [6.07, 6.45) is 0.689. The molecule has 2 aromatic rings. The summed E-state index contributed by atoms with van der Waals surface area (Å²) < 4.78 is 16.9. The number of hydrogen-bond acceptors (Lipinski definition) is 6. The molecule has 1 atom stereocenters. The summed E-state index contributed by atoms with van der Waals surface area (Å²) in [4.78, 5) is 29.0. The molecule has 178 valence electrons. The van der Waals surface area contributed by atoms with E-state index in [1.165, 1.54) is 15.9 Å². The molecule has 1 aromatic carbocycles. The molecule has 3 rings (SSSR count). The van der Waals surface area contributed by atoms with Crippen molar-refractivity contribution in [3.8, 4) is 11.5 Å². The van der Waals surface area contributed by atoms with Crippen molar-refractivity contribution in [3.05, 3.63) is 58.7 Å². The van der Waals surface area contributed by atoms with Crippen LogP contribution in [0.1, 0.15) is 48.2 Å². The van der Waals surface area contributed by atoms with E-state index in [0.717, 1.165) is 6.54 Å². The van der Waals surface area contributed by atoms with E-state index in [4.69, 9.17) is 13.9 Å². The largest absolute Gasteiger partial charge is 0.868 e. The normalized spacial score (nSPS) is 16.1. The third-order valence-electron chi connectivity index (χ3n) is 5.45. The molecule has 0 aliphatic carbocycles. The van der Waals surface area contributed by atoms with Crippen LogP contribution in [-0.4, -0.2) is 57.0 Å². The van der Waals surface area contributed by atoms with Crippen molar-refractivity contribution in [2.45, 2.75) is 33.2 Å². The molecule has 0 bridgehead atoms. The van der Waals surface area contributed by atoms with Gasteiger partial charge in [0.2, 0.25) is 11.7 Å². The number of benzene rings is 1. The molecule has 1 amide bonds. The summed E-state index contributed by atoms with van der Waals surface area (Å²) in [6, 6.07) is 7.63. The second kappa shape index (κ2) is 10.6. The third kappa shape index (κ3) is 5.22. The summed E-state index contributed by atoms with van der Waals surface area (Å²) in [7, 11) is 4.05. The van der Waals surface area contributed by atoms with Crippen molar-refractivity contribution < 1.29 is 33.5 Å². The third-order valence-corrected chi connectivity index (χ3v) is 5.45. The van der Waals surface area contributed by atoms with Gasteiger partial charge < -0.3 is 28.8 Å². The van der Waals surface area contributed by atoms with E-state index in [9.17, 15) is 14.7 Å². The predicted molar refractivity (Wildman–Crippen MR) is 120 cm³/mol. The first-order valence-electron chi connectivity index (χ1n) is 11.3. The van der Waals surface area contributed by atoms with Crippen molar-refractivity contribution in [1.82, 2.24) is 4.90 Å². The molecule has 8 nitrogen and oxygen atoms in total. The van der Waals surface area contributed by atoms with Gasteiger partial charge in [-0.25, -0.2) is 0 Å². The van der Waals surface area contributed by atoms with Gasteiger partial charge >= 0.3 is 0 Å². The fourth-order valence-electron chi connectivity index (χ4n) is 3.98. The quantitative estimate of drug-likeness (QED) is 0.512. The maximum absolute atomic E-state index is 13.3. The second-order valence-corrected chi connectivity index (χ2v) is 8.27. The average Bonchev–Trinajstić information content (AvgIpc) is 3.31. The Morgan fingerprint density at radius 2 is 1.82 bits per heavy atom. The van der Waals surface area contributed by atoms with Crippen molar-refractivity contribution in [2.75, 3.05) is 40.4 Å². The number of hydrogen-bond donors (Lipinski definition) is 1. The van der Waals surface area contributed by atoms with Crippen molar-refractivity contribution in [2.24, 2.45) is 0 Å². The van der Waals surface area contributed by atoms with Crippen molar-refractivity contribution >= 4 is 11.7 Å². The van der Waals surface area contributed by atoms with E-state index in [-0.39, 0.29) is 11.3 Å². The summed E-state index contributed by atoms with van der Waals surface area (Å²) in [6.45, 7) is 7.51. The molecule has 1 aliphatic rings. The summed E-state index contributed by atoms with van der Waals surface area (Å²) >= 11 is 0. The van der Waals surface area contributed by atoms with Crippen molar-refractivity contribution in [1.29, 1.82) is 0 Å². The zero-order valence-electron chi connectivity index (χ0n) is 19.9. The number of aryl methyl sites for hydroxylation is 1. The van der Waals surface area contributed by atoms with Gasteiger partial charge in [-0.2, -0.15) is 0 Å². The first-order chi connectivity index (χ1) is 15.8. The Morgan fingerprint density at radius 1 is 1.12 bits per heavy atom. The highest BCUT2D eigenvalue weighted by Gasteiger charge is 2.40. The highest BCUT2D eigenvalue weighted by Crippen LogP contribution is 2.41. The SMILES string of the molecule is CCOc1ccc(C2C(C(=O)c3ccc(C)o3)=C([O-])C(=O)N2CCC[NH+](C)C)cc1OCC. The van der Waals surface area contributed by atoms with Gasteiger partial charge in [0, 0.05) is 18.5 Å². The van der Waals surface area contributed by atoms with E-state index >= 15 is 0 Å². The lowest BCUT2D eigenvalue weighted by Crippen LogP contribution is -3.05. The van der Waals surface area contributed by atoms with Gasteiger partial charge in [-0.05, 0) is 56.4 Å². The lowest BCUT2D eigenvalue weighted by molar-refractivity contribution is -0.858. The molecule has 2 heterocycles. The molecule has 1 unspecified atom stereocenters. The van der Waals surface area contributed by atoms with Gasteiger partial charge in [0.1, 0.15) is 5.76 Å². The molecule has 0 saturated heterocycles. The second-order valence-electron chi connectivity index (χ2n) is 8.27. The van der Waals surface area contributed by atoms with E-state index in [2.05, 4.69) is 0 Å². The maximum atomic E-state index is 13.3. The number of amides is 1. The van der Waals surface area contributed by atoms with Gasteiger partial charge in [0.25, 0.3) is 0 Å². The Balaban J connectivity index is 2.06. The van der Waals surface area contributed by atoms with Crippen LogP contribution in [0.2, 0.25) is 0 Å². The molecule has 0 saturated carbocycles. The number of carbonyl (C=O) groups excluding carboxylic acids is 2. The molecule has 33 heavy (non-hydrogen) atoms. The summed E-state index contributed by atoms with van der Waals surface area (Å²) in [5, 5.41) is 13.0. The number of ketones is 1. The van der Waals surface area contributed by atoms with E-state index in [1.807, 2.05) is 27.9 Å². The van der Waals surface area contributed by atoms with Crippen LogP contribution >= 0.6 is 0 Å². The minimum atomic E-state index is -0.824. The fraction of sp³-hybridized carbons (Fsp3) is 0.440. The van der Waals surface area contributed by atoms with Crippen LogP contribution in [0.5, 0.6) is 11.5 Å². The highest BCUT2D eigenvalue weighted by molar-refractivity contribution is 6.14. The Labute approximate surface area is 194 Å². The maximum Gasteiger partial charge on any atom is 0.239 e. The van der Waals surface area contributed by atoms with Crippen molar-refractivity contribution in [3.63, 3.8) is 0 Å². The van der Waals surface area contributed by atoms with Gasteiger partial charge in [-0.15, -0.1) is 0 Å². The lowest BCUT2D eigenvalue weighted by Gasteiger charge is -2.28. The predicted octanol–water partition coefficient (Wildman–Crippen LogP) is 1.30. The fourth-order valence-corrected chi connectivity index (χ4v) is 3.98. The minimum Gasteiger partial charge on any atom is -0.868 e. The molecular formula is C25H32N2O6. The number of carbonyl (C=O) groups is 2. The monoisotopic (exact) mass is 456 g/mol. The molecule has 1 aliphatic heterocycles.